The maximum absolute atomic E-state index is 13.7. The summed E-state index contributed by atoms with van der Waals surface area (Å²) in [6.45, 7) is 14.0. The Balaban J connectivity index is 1.22. The van der Waals surface area contributed by atoms with E-state index in [-0.39, 0.29) is 17.5 Å². The lowest BCUT2D eigenvalue weighted by Gasteiger charge is -2.19. The fourth-order valence-corrected chi connectivity index (χ4v) is 7.15. The first-order valence-corrected chi connectivity index (χ1v) is 19.1. The van der Waals surface area contributed by atoms with E-state index in [0.29, 0.717) is 35.3 Å². The molecule has 0 radical (unpaired) electrons. The quantitative estimate of drug-likeness (QED) is 0.0411. The van der Waals surface area contributed by atoms with Gasteiger partial charge in [-0.3, -0.25) is 9.59 Å². The number of unbranched alkanes of at least 4 members (excludes halogenated alkanes) is 7. The van der Waals surface area contributed by atoms with Crippen molar-refractivity contribution in [2.75, 3.05) is 32.1 Å². The van der Waals surface area contributed by atoms with Crippen LogP contribution in [0.25, 0.3) is 33.4 Å². The number of carbonyl (C=O) groups is 3. The van der Waals surface area contributed by atoms with Crippen LogP contribution in [0.2, 0.25) is 0 Å². The van der Waals surface area contributed by atoms with E-state index in [1.807, 2.05) is 24.3 Å². The SMILES string of the molecule is CCNc1cc2oc3cc(=[N+](C)CC)c(C)cc-3c(-c3ccccc3C(=O)OCCCCCCCCCCC3=CC(=O)C(C)=C(C)C3=O)c2cc1C. The van der Waals surface area contributed by atoms with E-state index in [1.54, 1.807) is 13.8 Å². The maximum atomic E-state index is 13.7. The number of fused-ring (bicyclic) bond motifs is 2. The van der Waals surface area contributed by atoms with Crippen molar-refractivity contribution in [3.63, 3.8) is 0 Å². The molecule has 0 spiro atoms. The first-order valence-electron chi connectivity index (χ1n) is 19.1. The molecule has 2 aromatic carbocycles. The number of benzene rings is 3. The van der Waals surface area contributed by atoms with Crippen molar-refractivity contribution >= 4 is 34.2 Å². The predicted octanol–water partition coefficient (Wildman–Crippen LogP) is 9.76. The van der Waals surface area contributed by atoms with Gasteiger partial charge in [-0.2, -0.15) is 0 Å². The number of hydrogen-bond donors (Lipinski definition) is 1. The zero-order chi connectivity index (χ0) is 37.4. The Morgan fingerprint density at radius 3 is 2.21 bits per heavy atom. The number of esters is 1. The number of aryl methyl sites for hydroxylation is 2. The van der Waals surface area contributed by atoms with Crippen molar-refractivity contribution in [3.8, 4) is 22.5 Å². The predicted molar refractivity (Wildman–Crippen MR) is 212 cm³/mol. The summed E-state index contributed by atoms with van der Waals surface area (Å²) in [6, 6.07) is 16.3. The van der Waals surface area contributed by atoms with E-state index in [9.17, 15) is 14.4 Å². The van der Waals surface area contributed by atoms with Crippen LogP contribution in [-0.2, 0) is 14.3 Å². The van der Waals surface area contributed by atoms with Crippen molar-refractivity contribution in [1.29, 1.82) is 0 Å². The number of ketones is 2. The summed E-state index contributed by atoms with van der Waals surface area (Å²) >= 11 is 0. The molecular weight excluding hydrogens is 649 g/mol. The summed E-state index contributed by atoms with van der Waals surface area (Å²) in [5.74, 6) is 0.451. The highest BCUT2D eigenvalue weighted by molar-refractivity contribution is 6.22. The molecule has 2 aromatic rings. The second-order valence-corrected chi connectivity index (χ2v) is 14.2. The van der Waals surface area contributed by atoms with E-state index in [2.05, 4.69) is 68.9 Å². The topological polar surface area (TPSA) is 88.6 Å². The van der Waals surface area contributed by atoms with E-state index < -0.39 is 0 Å². The normalized spacial score (nSPS) is 13.9. The van der Waals surface area contributed by atoms with Gasteiger partial charge in [0.2, 0.25) is 5.36 Å². The molecule has 2 aliphatic carbocycles. The Bertz CT molecular complexity index is 2080. The number of nitrogens with zero attached hydrogens (tertiary/aromatic N) is 1. The molecule has 7 heteroatoms. The van der Waals surface area contributed by atoms with Gasteiger partial charge in [0.05, 0.1) is 18.2 Å². The van der Waals surface area contributed by atoms with Crippen LogP contribution in [0.5, 0.6) is 0 Å². The number of anilines is 1. The summed E-state index contributed by atoms with van der Waals surface area (Å²) < 4.78 is 14.7. The molecule has 0 bridgehead atoms. The van der Waals surface area contributed by atoms with Gasteiger partial charge in [0.25, 0.3) is 0 Å². The minimum atomic E-state index is -0.313. The molecular formula is C45H55N2O5+. The van der Waals surface area contributed by atoms with Crippen LogP contribution in [0.3, 0.4) is 0 Å². The molecule has 52 heavy (non-hydrogen) atoms. The molecule has 0 saturated heterocycles. The minimum Gasteiger partial charge on any atom is -0.462 e. The average Bonchev–Trinajstić information content (AvgIpc) is 3.14. The van der Waals surface area contributed by atoms with Gasteiger partial charge in [-0.25, -0.2) is 9.37 Å². The molecule has 1 aliphatic heterocycles. The third-order valence-corrected chi connectivity index (χ3v) is 10.5. The van der Waals surface area contributed by atoms with Gasteiger partial charge < -0.3 is 14.5 Å². The van der Waals surface area contributed by atoms with E-state index in [0.717, 1.165) is 120 Å². The fraction of sp³-hybridized carbons (Fsp3) is 0.422. The summed E-state index contributed by atoms with van der Waals surface area (Å²) in [7, 11) is 2.09. The Hall–Kier alpha value is -4.78. The first-order chi connectivity index (χ1) is 25.0. The van der Waals surface area contributed by atoms with Gasteiger partial charge in [-0.1, -0.05) is 56.7 Å². The van der Waals surface area contributed by atoms with Crippen molar-refractivity contribution in [2.24, 2.45) is 0 Å². The maximum Gasteiger partial charge on any atom is 0.338 e. The van der Waals surface area contributed by atoms with E-state index in [1.165, 1.54) is 6.08 Å². The molecule has 1 heterocycles. The molecule has 0 aromatic heterocycles. The Morgan fingerprint density at radius 2 is 1.50 bits per heavy atom. The molecule has 0 amide bonds. The number of allylic oxidation sites excluding steroid dienone is 4. The smallest absolute Gasteiger partial charge is 0.338 e. The van der Waals surface area contributed by atoms with Crippen LogP contribution >= 0.6 is 0 Å². The number of hydrogen-bond acceptors (Lipinski definition) is 6. The molecule has 0 saturated carbocycles. The largest absolute Gasteiger partial charge is 0.462 e. The number of Topliss-reactive ketones (excluding diaryl/α,β-unsaturated/α-hetero) is 1. The van der Waals surface area contributed by atoms with Gasteiger partial charge in [0, 0.05) is 57.1 Å². The Labute approximate surface area is 308 Å². The minimum absolute atomic E-state index is 0.0252. The van der Waals surface area contributed by atoms with Gasteiger partial charge >= 0.3 is 5.97 Å². The van der Waals surface area contributed by atoms with E-state index >= 15 is 0 Å². The Kier molecular flexibility index (Phi) is 13.0. The summed E-state index contributed by atoms with van der Waals surface area (Å²) in [6.07, 6.45) is 10.4. The van der Waals surface area contributed by atoms with Gasteiger partial charge in [-0.15, -0.1) is 0 Å². The highest BCUT2D eigenvalue weighted by Crippen LogP contribution is 2.43. The van der Waals surface area contributed by atoms with Gasteiger partial charge in [0.15, 0.2) is 11.6 Å². The van der Waals surface area contributed by atoms with Crippen molar-refractivity contribution < 1.29 is 23.5 Å². The number of rotatable bonds is 16. The number of carbonyl (C=O) groups excluding carboxylic acids is 3. The van der Waals surface area contributed by atoms with Gasteiger partial charge in [-0.05, 0) is 96.2 Å². The molecule has 3 aliphatic rings. The molecule has 1 N–H and O–H groups in total. The van der Waals surface area contributed by atoms with Crippen LogP contribution in [0.4, 0.5) is 5.69 Å². The molecule has 0 unspecified atom stereocenters. The molecule has 0 fully saturated rings. The molecule has 5 rings (SSSR count). The fourth-order valence-electron chi connectivity index (χ4n) is 7.15. The molecule has 274 valence electrons. The summed E-state index contributed by atoms with van der Waals surface area (Å²) in [5, 5.41) is 5.53. The third-order valence-electron chi connectivity index (χ3n) is 10.5. The number of ether oxygens (including phenoxy) is 1. The number of nitrogens with one attached hydrogen (secondary N) is 1. The highest BCUT2D eigenvalue weighted by atomic mass is 16.5. The van der Waals surface area contributed by atoms with Crippen molar-refractivity contribution in [2.45, 2.75) is 99.3 Å². The second-order valence-electron chi connectivity index (χ2n) is 14.2. The third kappa shape index (κ3) is 8.63. The monoisotopic (exact) mass is 703 g/mol. The lowest BCUT2D eigenvalue weighted by molar-refractivity contribution is -0.116. The lowest BCUT2D eigenvalue weighted by Crippen LogP contribution is -2.28. The van der Waals surface area contributed by atoms with Crippen LogP contribution in [-0.4, -0.2) is 44.3 Å². The zero-order valence-electron chi connectivity index (χ0n) is 32.2. The summed E-state index contributed by atoms with van der Waals surface area (Å²) in [5.41, 5.74) is 9.18. The van der Waals surface area contributed by atoms with Gasteiger partial charge in [0.1, 0.15) is 24.9 Å². The van der Waals surface area contributed by atoms with Crippen LogP contribution in [0, 0.1) is 13.8 Å². The molecule has 7 nitrogen and oxygen atoms in total. The second kappa shape index (κ2) is 17.6. The van der Waals surface area contributed by atoms with Crippen molar-refractivity contribution in [3.05, 3.63) is 93.4 Å². The molecule has 0 atom stereocenters. The average molecular weight is 704 g/mol. The lowest BCUT2D eigenvalue weighted by atomic mass is 9.88. The van der Waals surface area contributed by atoms with Crippen molar-refractivity contribution in [1.82, 2.24) is 4.58 Å². The zero-order valence-corrected chi connectivity index (χ0v) is 32.2. The summed E-state index contributed by atoms with van der Waals surface area (Å²) in [4.78, 5) is 38.2. The van der Waals surface area contributed by atoms with Crippen LogP contribution in [0.15, 0.2) is 75.7 Å². The van der Waals surface area contributed by atoms with E-state index in [4.69, 9.17) is 9.15 Å². The van der Waals surface area contributed by atoms with Crippen LogP contribution in [0.1, 0.15) is 107 Å². The highest BCUT2D eigenvalue weighted by Gasteiger charge is 2.25. The first kappa shape index (κ1) is 38.5. The standard InChI is InChI=1S/C45H54N2O5/c1-8-46-38-27-41-36(24-29(38)3)43(37-25-30(4)39(47(7)9-2)28-42(37)52-41)34-21-17-18-22-35(34)45(50)51-23-19-15-13-11-10-12-14-16-20-33-26-40(48)31(5)32(6)44(33)49/h17-18,21-22,24-28H,8-16,19-20,23H2,1-7H3/p+1. The Morgan fingerprint density at radius 1 is 0.808 bits per heavy atom. The van der Waals surface area contributed by atoms with Crippen LogP contribution < -0.4 is 15.2 Å².